The monoisotopic (exact) mass is 362 g/mol. The van der Waals surface area contributed by atoms with E-state index in [2.05, 4.69) is 11.1 Å². The topological polar surface area (TPSA) is 62.7 Å². The lowest BCUT2D eigenvalue weighted by Gasteiger charge is -2.29. The molecule has 1 aromatic carbocycles. The summed E-state index contributed by atoms with van der Waals surface area (Å²) in [6.07, 6.45) is 7.20. The number of amides is 1. The van der Waals surface area contributed by atoms with E-state index in [4.69, 9.17) is 4.74 Å². The van der Waals surface area contributed by atoms with Crippen LogP contribution in [0.4, 0.5) is 4.79 Å². The molecule has 0 bridgehead atoms. The number of rotatable bonds is 1. The van der Waals surface area contributed by atoms with E-state index in [1.165, 1.54) is 5.57 Å². The molecule has 2 aliphatic rings. The zero-order valence-corrected chi connectivity index (χ0v) is 15.3. The van der Waals surface area contributed by atoms with Crippen LogP contribution in [-0.2, 0) is 4.74 Å². The molecular formula is C22H22N2O3. The third kappa shape index (κ3) is 3.33. The third-order valence-electron chi connectivity index (χ3n) is 5.07. The molecule has 1 saturated heterocycles. The molecule has 1 fully saturated rings. The molecule has 5 nitrogen and oxygen atoms in total. The van der Waals surface area contributed by atoms with Crippen molar-refractivity contribution in [3.8, 4) is 5.75 Å². The average Bonchev–Trinajstić information content (AvgIpc) is 2.85. The molecule has 0 radical (unpaired) electrons. The second-order valence-electron chi connectivity index (χ2n) is 6.71. The number of phenols is 1. The Bertz CT molecular complexity index is 936. The maximum absolute atomic E-state index is 12.0. The predicted molar refractivity (Wildman–Crippen MR) is 105 cm³/mol. The number of benzene rings is 1. The maximum atomic E-state index is 12.0. The van der Waals surface area contributed by atoms with Gasteiger partial charge in [-0.1, -0.05) is 29.9 Å². The Labute approximate surface area is 158 Å². The molecular weight excluding hydrogens is 340 g/mol. The van der Waals surface area contributed by atoms with E-state index >= 15 is 0 Å². The highest BCUT2D eigenvalue weighted by Gasteiger charge is 2.25. The first-order valence-corrected chi connectivity index (χ1v) is 9.28. The molecule has 1 N–H and O–H groups in total. The maximum Gasteiger partial charge on any atom is 0.409 e. The largest absolute Gasteiger partial charge is 0.508 e. The number of ether oxygens (including phenoxy) is 1. The van der Waals surface area contributed by atoms with Gasteiger partial charge in [0.25, 0.3) is 0 Å². The molecule has 0 spiro atoms. The van der Waals surface area contributed by atoms with Crippen LogP contribution in [0.5, 0.6) is 5.75 Å². The molecule has 2 heterocycles. The summed E-state index contributed by atoms with van der Waals surface area (Å²) in [5.41, 5.74) is 6.46. The molecule has 4 rings (SSSR count). The minimum atomic E-state index is -0.243. The molecule has 138 valence electrons. The Morgan fingerprint density at radius 2 is 1.96 bits per heavy atom. The number of phenolic OH excluding ortho intramolecular Hbond substituents is 1. The molecule has 27 heavy (non-hydrogen) atoms. The van der Waals surface area contributed by atoms with Crippen LogP contribution in [0.2, 0.25) is 0 Å². The molecule has 1 amide bonds. The van der Waals surface area contributed by atoms with Gasteiger partial charge in [0.15, 0.2) is 0 Å². The highest BCUT2D eigenvalue weighted by atomic mass is 16.6. The Balaban J connectivity index is 1.77. The Morgan fingerprint density at radius 3 is 2.74 bits per heavy atom. The number of fused-ring (bicyclic) bond motifs is 2. The summed E-state index contributed by atoms with van der Waals surface area (Å²) in [6, 6.07) is 9.45. The van der Waals surface area contributed by atoms with Gasteiger partial charge in [0.05, 0.1) is 12.3 Å². The van der Waals surface area contributed by atoms with Gasteiger partial charge in [0.1, 0.15) is 5.75 Å². The van der Waals surface area contributed by atoms with Crippen LogP contribution in [-0.4, -0.2) is 40.8 Å². The summed E-state index contributed by atoms with van der Waals surface area (Å²) in [5.74, 6) is 0.249. The normalized spacial score (nSPS) is 15.8. The lowest BCUT2D eigenvalue weighted by atomic mass is 9.88. The second-order valence-corrected chi connectivity index (χ2v) is 6.71. The summed E-state index contributed by atoms with van der Waals surface area (Å²) in [5, 5.41) is 9.92. The van der Waals surface area contributed by atoms with Gasteiger partial charge in [-0.25, -0.2) is 4.79 Å². The van der Waals surface area contributed by atoms with Gasteiger partial charge < -0.3 is 14.7 Å². The zero-order chi connectivity index (χ0) is 18.8. The summed E-state index contributed by atoms with van der Waals surface area (Å²) >= 11 is 0. The van der Waals surface area contributed by atoms with Crippen LogP contribution in [0, 0.1) is 0 Å². The van der Waals surface area contributed by atoms with E-state index in [1.807, 2.05) is 37.4 Å². The van der Waals surface area contributed by atoms with Crippen molar-refractivity contribution in [2.75, 3.05) is 19.7 Å². The average molecular weight is 362 g/mol. The number of aromatic nitrogens is 1. The molecule has 1 aromatic heterocycles. The lowest BCUT2D eigenvalue weighted by molar-refractivity contribution is 0.104. The number of carbonyl (C=O) groups excluding carboxylic acids is 1. The van der Waals surface area contributed by atoms with Gasteiger partial charge in [0, 0.05) is 30.4 Å². The van der Waals surface area contributed by atoms with Gasteiger partial charge in [-0.05, 0) is 49.1 Å². The number of pyridine rings is 1. The van der Waals surface area contributed by atoms with Gasteiger partial charge in [-0.3, -0.25) is 4.98 Å². The first-order valence-electron chi connectivity index (χ1n) is 9.28. The van der Waals surface area contributed by atoms with Crippen molar-refractivity contribution in [1.29, 1.82) is 0 Å². The quantitative estimate of drug-likeness (QED) is 0.700. The van der Waals surface area contributed by atoms with Crippen molar-refractivity contribution < 1.29 is 14.6 Å². The standard InChI is InChI=1S/C22H22N2O3/c1-2-27-22(26)24-12-9-15(10-13-24)20-19-8-7-18(25)14-17(19)6-5-16-4-3-11-23-21(16)20/h3-8,11,14,25H,2,9-10,12-13H2,1H3. The van der Waals surface area contributed by atoms with E-state index in [1.54, 1.807) is 17.0 Å². The SMILES string of the molecule is CCOC(=O)N1CCC(=C2c3ccc(O)cc3C=Cc3cccnc32)CC1. The van der Waals surface area contributed by atoms with Crippen LogP contribution >= 0.6 is 0 Å². The molecule has 1 aliphatic heterocycles. The minimum Gasteiger partial charge on any atom is -0.508 e. The van der Waals surface area contributed by atoms with Gasteiger partial charge in [0.2, 0.25) is 0 Å². The molecule has 2 aromatic rings. The predicted octanol–water partition coefficient (Wildman–Crippen LogP) is 4.33. The van der Waals surface area contributed by atoms with Gasteiger partial charge >= 0.3 is 6.09 Å². The van der Waals surface area contributed by atoms with Crippen molar-refractivity contribution >= 4 is 23.8 Å². The molecule has 1 aliphatic carbocycles. The fourth-order valence-corrected chi connectivity index (χ4v) is 3.77. The number of carbonyl (C=O) groups is 1. The summed E-state index contributed by atoms with van der Waals surface area (Å²) in [6.45, 7) is 3.49. The third-order valence-corrected chi connectivity index (χ3v) is 5.07. The van der Waals surface area contributed by atoms with Crippen molar-refractivity contribution in [2.24, 2.45) is 0 Å². The van der Waals surface area contributed by atoms with Crippen molar-refractivity contribution in [3.05, 3.63) is 64.5 Å². The number of aromatic hydroxyl groups is 1. The zero-order valence-electron chi connectivity index (χ0n) is 15.3. The lowest BCUT2D eigenvalue weighted by Crippen LogP contribution is -2.37. The van der Waals surface area contributed by atoms with Gasteiger partial charge in [-0.2, -0.15) is 0 Å². The minimum absolute atomic E-state index is 0.243. The second kappa shape index (κ2) is 7.27. The number of piperidine rings is 1. The van der Waals surface area contributed by atoms with E-state index in [-0.39, 0.29) is 11.8 Å². The highest BCUT2D eigenvalue weighted by Crippen LogP contribution is 2.38. The van der Waals surface area contributed by atoms with E-state index in [9.17, 15) is 9.90 Å². The van der Waals surface area contributed by atoms with Crippen molar-refractivity contribution in [3.63, 3.8) is 0 Å². The molecule has 5 heteroatoms. The van der Waals surface area contributed by atoms with Crippen molar-refractivity contribution in [2.45, 2.75) is 19.8 Å². The highest BCUT2D eigenvalue weighted by molar-refractivity contribution is 5.94. The molecule has 0 atom stereocenters. The Morgan fingerprint density at radius 1 is 1.19 bits per heavy atom. The number of hydrogen-bond acceptors (Lipinski definition) is 4. The van der Waals surface area contributed by atoms with Crippen molar-refractivity contribution in [1.82, 2.24) is 9.88 Å². The molecule has 0 saturated carbocycles. The van der Waals surface area contributed by atoms with E-state index in [0.717, 1.165) is 40.8 Å². The number of nitrogens with zero attached hydrogens (tertiary/aromatic N) is 2. The van der Waals surface area contributed by atoms with Crippen LogP contribution in [0.25, 0.3) is 17.7 Å². The Kier molecular flexibility index (Phi) is 4.67. The van der Waals surface area contributed by atoms with Crippen LogP contribution in [0.3, 0.4) is 0 Å². The summed E-state index contributed by atoms with van der Waals surface area (Å²) in [4.78, 5) is 18.4. The number of hydrogen-bond donors (Lipinski definition) is 1. The van der Waals surface area contributed by atoms with Crippen LogP contribution < -0.4 is 0 Å². The van der Waals surface area contributed by atoms with Gasteiger partial charge in [-0.15, -0.1) is 0 Å². The van der Waals surface area contributed by atoms with Crippen LogP contribution in [0.1, 0.15) is 42.1 Å². The number of likely N-dealkylation sites (tertiary alicyclic amines) is 1. The first-order chi connectivity index (χ1) is 13.2. The van der Waals surface area contributed by atoms with Crippen LogP contribution in [0.15, 0.2) is 42.1 Å². The summed E-state index contributed by atoms with van der Waals surface area (Å²) < 4.78 is 5.13. The Hall–Kier alpha value is -3.08. The smallest absolute Gasteiger partial charge is 0.409 e. The summed E-state index contributed by atoms with van der Waals surface area (Å²) in [7, 11) is 0. The fourth-order valence-electron chi connectivity index (χ4n) is 3.77. The van der Waals surface area contributed by atoms with E-state index in [0.29, 0.717) is 19.7 Å². The first kappa shape index (κ1) is 17.3. The molecule has 0 unspecified atom stereocenters. The van der Waals surface area contributed by atoms with E-state index < -0.39 is 0 Å². The fraction of sp³-hybridized carbons (Fsp3) is 0.273.